The minimum Gasteiger partial charge on any atom is -0.351 e. The molecule has 3 amide bonds. The molecule has 0 unspecified atom stereocenters. The number of tetrazole rings is 1. The number of H-pyrrole nitrogens is 1. The Morgan fingerprint density at radius 3 is 2.27 bits per heavy atom. The van der Waals surface area contributed by atoms with E-state index in [1.54, 1.807) is 36.5 Å². The molecule has 0 bridgehead atoms. The van der Waals surface area contributed by atoms with E-state index in [0.29, 0.717) is 54.6 Å². The van der Waals surface area contributed by atoms with Crippen LogP contribution >= 0.6 is 0 Å². The maximum absolute atomic E-state index is 14.0. The van der Waals surface area contributed by atoms with Crippen LogP contribution in [0.5, 0.6) is 0 Å². The first-order chi connectivity index (χ1) is 24.7. The fourth-order valence-electron chi connectivity index (χ4n) is 6.68. The van der Waals surface area contributed by atoms with E-state index in [4.69, 9.17) is 11.5 Å². The van der Waals surface area contributed by atoms with Crippen LogP contribution in [-0.4, -0.2) is 87.0 Å². The summed E-state index contributed by atoms with van der Waals surface area (Å²) in [4.78, 5) is 48.7. The Kier molecular flexibility index (Phi) is 13.1. The molecule has 0 spiro atoms. The molecular formula is C38H50N10O3. The number of benzene rings is 2. The van der Waals surface area contributed by atoms with Crippen molar-refractivity contribution in [2.24, 2.45) is 23.3 Å². The second kappa shape index (κ2) is 17.9. The van der Waals surface area contributed by atoms with Crippen LogP contribution in [0.1, 0.15) is 67.6 Å². The molecular weight excluding hydrogens is 644 g/mol. The molecule has 5 rings (SSSR count). The minimum atomic E-state index is -0.953. The van der Waals surface area contributed by atoms with E-state index >= 15 is 0 Å². The molecule has 13 nitrogen and oxygen atoms in total. The van der Waals surface area contributed by atoms with Crippen molar-refractivity contribution in [3.05, 3.63) is 77.6 Å². The van der Waals surface area contributed by atoms with Crippen molar-refractivity contribution in [1.82, 2.24) is 35.8 Å². The summed E-state index contributed by atoms with van der Waals surface area (Å²) in [6, 6.07) is 15.6. The average molecular weight is 695 g/mol. The zero-order valence-corrected chi connectivity index (χ0v) is 29.8. The highest BCUT2D eigenvalue weighted by Crippen LogP contribution is 2.32. The highest BCUT2D eigenvalue weighted by atomic mass is 16.2. The number of anilines is 1. The van der Waals surface area contributed by atoms with Gasteiger partial charge in [0.2, 0.25) is 11.7 Å². The Balaban J connectivity index is 1.25. The van der Waals surface area contributed by atoms with E-state index < -0.39 is 11.9 Å². The number of aromatic nitrogens is 5. The Morgan fingerprint density at radius 1 is 0.980 bits per heavy atom. The molecule has 6 N–H and O–H groups in total. The zero-order chi connectivity index (χ0) is 36.3. The van der Waals surface area contributed by atoms with Gasteiger partial charge in [0.05, 0.1) is 11.7 Å². The van der Waals surface area contributed by atoms with Crippen LogP contribution in [0.15, 0.2) is 60.8 Å². The number of rotatable bonds is 15. The third kappa shape index (κ3) is 9.48. The summed E-state index contributed by atoms with van der Waals surface area (Å²) in [6.45, 7) is 10.4. The standard InChI is InChI=1S/C38H50N10O3/c1-4-47(5-2)20-6-19-41-36(49)34-21-25(3)32(24-42-34)28-11-7-26(8-12-28)22-33(40)38(51)48(37(50)30-13-9-27(23-39)10-14-30)31-17-15-29(16-18-31)35-43-45-46-44-35/h7-8,11-12,15-18,21,24,27,30,33H,4-6,9-10,13-14,19-20,22-23,39-40H2,1-3H3,(H,41,49)(H,43,44,45,46)/t27?,30?,33-/m0/s1. The van der Waals surface area contributed by atoms with Gasteiger partial charge in [-0.05, 0) is 130 Å². The number of hydrogen-bond donors (Lipinski definition) is 4. The van der Waals surface area contributed by atoms with E-state index in [-0.39, 0.29) is 24.2 Å². The molecule has 1 aliphatic carbocycles. The van der Waals surface area contributed by atoms with Crippen LogP contribution < -0.4 is 21.7 Å². The van der Waals surface area contributed by atoms with E-state index in [0.717, 1.165) is 61.2 Å². The molecule has 0 aliphatic heterocycles. The first-order valence-corrected chi connectivity index (χ1v) is 18.0. The Hall–Kier alpha value is -4.85. The average Bonchev–Trinajstić information content (AvgIpc) is 3.71. The number of amides is 3. The summed E-state index contributed by atoms with van der Waals surface area (Å²) >= 11 is 0. The van der Waals surface area contributed by atoms with Crippen molar-refractivity contribution in [2.75, 3.05) is 37.6 Å². The molecule has 51 heavy (non-hydrogen) atoms. The monoisotopic (exact) mass is 694 g/mol. The van der Waals surface area contributed by atoms with Gasteiger partial charge in [-0.1, -0.05) is 38.1 Å². The Bertz CT molecular complexity index is 1730. The van der Waals surface area contributed by atoms with Gasteiger partial charge in [0.25, 0.3) is 11.8 Å². The summed E-state index contributed by atoms with van der Waals surface area (Å²) in [5.41, 5.74) is 17.6. The summed E-state index contributed by atoms with van der Waals surface area (Å²) in [7, 11) is 0. The second-order valence-corrected chi connectivity index (χ2v) is 13.3. The van der Waals surface area contributed by atoms with Gasteiger partial charge in [-0.2, -0.15) is 5.21 Å². The molecule has 1 saturated carbocycles. The molecule has 0 radical (unpaired) electrons. The van der Waals surface area contributed by atoms with Crippen molar-refractivity contribution < 1.29 is 14.4 Å². The summed E-state index contributed by atoms with van der Waals surface area (Å²) in [5, 5.41) is 17.0. The van der Waals surface area contributed by atoms with Gasteiger partial charge in [-0.15, -0.1) is 10.2 Å². The number of nitrogens with two attached hydrogens (primary N) is 2. The quantitative estimate of drug-likeness (QED) is 0.133. The number of carbonyl (C=O) groups is 3. The fourth-order valence-corrected chi connectivity index (χ4v) is 6.68. The molecule has 4 aromatic rings. The Labute approximate surface area is 299 Å². The lowest BCUT2D eigenvalue weighted by Crippen LogP contribution is -2.50. The normalized spacial score (nSPS) is 16.5. The maximum Gasteiger partial charge on any atom is 0.269 e. The van der Waals surface area contributed by atoms with Gasteiger partial charge in [-0.3, -0.25) is 19.4 Å². The van der Waals surface area contributed by atoms with Crippen molar-refractivity contribution >= 4 is 23.4 Å². The minimum absolute atomic E-state index is 0.183. The number of imide groups is 1. The molecule has 2 heterocycles. The molecule has 2 aromatic heterocycles. The van der Waals surface area contributed by atoms with Crippen LogP contribution in [0.25, 0.3) is 22.5 Å². The number of aryl methyl sites for hydroxylation is 1. The lowest BCUT2D eigenvalue weighted by Gasteiger charge is -2.32. The van der Waals surface area contributed by atoms with Crippen LogP contribution in [0.2, 0.25) is 0 Å². The topological polar surface area (TPSA) is 189 Å². The van der Waals surface area contributed by atoms with Crippen molar-refractivity contribution in [3.8, 4) is 22.5 Å². The molecule has 13 heteroatoms. The molecule has 1 fully saturated rings. The van der Waals surface area contributed by atoms with Crippen LogP contribution in [0, 0.1) is 18.8 Å². The van der Waals surface area contributed by atoms with Crippen molar-refractivity contribution in [2.45, 2.75) is 65.3 Å². The number of pyridine rings is 1. The number of aromatic amines is 1. The Morgan fingerprint density at radius 2 is 1.67 bits per heavy atom. The lowest BCUT2D eigenvalue weighted by molar-refractivity contribution is -0.130. The van der Waals surface area contributed by atoms with Crippen LogP contribution in [0.3, 0.4) is 0 Å². The first kappa shape index (κ1) is 37.4. The molecule has 1 atom stereocenters. The van der Waals surface area contributed by atoms with Gasteiger partial charge in [-0.25, -0.2) is 4.90 Å². The maximum atomic E-state index is 14.0. The molecule has 1 aliphatic rings. The zero-order valence-electron chi connectivity index (χ0n) is 29.8. The number of carbonyl (C=O) groups excluding carboxylic acids is 3. The van der Waals surface area contributed by atoms with Gasteiger partial charge in [0.1, 0.15) is 5.69 Å². The number of nitrogens with one attached hydrogen (secondary N) is 2. The first-order valence-electron chi connectivity index (χ1n) is 18.0. The molecule has 270 valence electrons. The third-order valence-corrected chi connectivity index (χ3v) is 9.91. The number of hydrogen-bond acceptors (Lipinski definition) is 10. The van der Waals surface area contributed by atoms with Gasteiger partial charge >= 0.3 is 0 Å². The van der Waals surface area contributed by atoms with E-state index in [1.807, 2.05) is 31.2 Å². The van der Waals surface area contributed by atoms with Gasteiger partial charge in [0.15, 0.2) is 0 Å². The summed E-state index contributed by atoms with van der Waals surface area (Å²) in [6.07, 6.45) is 5.91. The van der Waals surface area contributed by atoms with Gasteiger partial charge < -0.3 is 21.7 Å². The summed E-state index contributed by atoms with van der Waals surface area (Å²) < 4.78 is 0. The van der Waals surface area contributed by atoms with Crippen LogP contribution in [0.4, 0.5) is 5.69 Å². The summed E-state index contributed by atoms with van der Waals surface area (Å²) in [5.74, 6) is -0.362. The van der Waals surface area contributed by atoms with Gasteiger partial charge in [0, 0.05) is 29.8 Å². The SMILES string of the molecule is CCN(CC)CCCNC(=O)c1cc(C)c(-c2ccc(C[C@H](N)C(=O)N(C(=O)C3CCC(CN)CC3)c3ccc(-c4nn[nH]n4)cc3)cc2)cn1. The van der Waals surface area contributed by atoms with Crippen molar-refractivity contribution in [3.63, 3.8) is 0 Å². The highest BCUT2D eigenvalue weighted by molar-refractivity contribution is 6.17. The van der Waals surface area contributed by atoms with E-state index in [2.05, 4.69) is 49.7 Å². The second-order valence-electron chi connectivity index (χ2n) is 13.3. The smallest absolute Gasteiger partial charge is 0.269 e. The van der Waals surface area contributed by atoms with E-state index in [9.17, 15) is 14.4 Å². The number of nitrogens with zero attached hydrogens (tertiary/aromatic N) is 6. The fraction of sp³-hybridized carbons (Fsp3) is 0.447. The van der Waals surface area contributed by atoms with E-state index in [1.165, 1.54) is 4.90 Å². The highest BCUT2D eigenvalue weighted by Gasteiger charge is 2.35. The largest absolute Gasteiger partial charge is 0.351 e. The molecule has 0 saturated heterocycles. The predicted octanol–water partition coefficient (Wildman–Crippen LogP) is 3.89. The molecule has 2 aromatic carbocycles. The third-order valence-electron chi connectivity index (χ3n) is 9.91. The van der Waals surface area contributed by atoms with Crippen molar-refractivity contribution in [1.29, 1.82) is 0 Å². The lowest BCUT2D eigenvalue weighted by atomic mass is 9.81. The van der Waals surface area contributed by atoms with Crippen LogP contribution in [-0.2, 0) is 16.0 Å². The predicted molar refractivity (Wildman–Crippen MR) is 197 cm³/mol.